The Morgan fingerprint density at radius 3 is 2.68 bits per heavy atom. The van der Waals surface area contributed by atoms with Crippen LogP contribution in [0.15, 0.2) is 34.9 Å². The van der Waals surface area contributed by atoms with Crippen LogP contribution in [0.4, 0.5) is 5.69 Å². The van der Waals surface area contributed by atoms with Crippen LogP contribution in [0.5, 0.6) is 0 Å². The molecule has 5 heteroatoms. The normalized spacial score (nSPS) is 10.3. The number of pyridine rings is 1. The second-order valence-corrected chi connectivity index (χ2v) is 5.44. The van der Waals surface area contributed by atoms with E-state index in [4.69, 9.17) is 11.6 Å². The van der Waals surface area contributed by atoms with Crippen molar-refractivity contribution < 1.29 is 4.79 Å². The predicted octanol–water partition coefficient (Wildman–Crippen LogP) is 4.37. The summed E-state index contributed by atoms with van der Waals surface area (Å²) in [5.74, 6) is -0.218. The van der Waals surface area contributed by atoms with Gasteiger partial charge in [-0.15, -0.1) is 0 Å². The number of rotatable bonds is 2. The molecule has 0 aliphatic rings. The fourth-order valence-corrected chi connectivity index (χ4v) is 2.59. The molecule has 0 saturated heterocycles. The minimum Gasteiger partial charge on any atom is -0.319 e. The van der Waals surface area contributed by atoms with Crippen molar-refractivity contribution in [2.24, 2.45) is 0 Å². The second-order valence-electron chi connectivity index (χ2n) is 4.23. The number of halogens is 2. The van der Waals surface area contributed by atoms with E-state index in [1.165, 1.54) is 0 Å². The van der Waals surface area contributed by atoms with Gasteiger partial charge >= 0.3 is 0 Å². The van der Waals surface area contributed by atoms with Crippen LogP contribution in [0.1, 0.15) is 21.5 Å². The highest BCUT2D eigenvalue weighted by Crippen LogP contribution is 2.25. The summed E-state index contributed by atoms with van der Waals surface area (Å²) >= 11 is 9.38. The lowest BCUT2D eigenvalue weighted by Crippen LogP contribution is -2.14. The van der Waals surface area contributed by atoms with Crippen molar-refractivity contribution >= 4 is 39.1 Å². The highest BCUT2D eigenvalue weighted by Gasteiger charge is 2.13. The number of nitrogens with one attached hydrogen (secondary N) is 1. The summed E-state index contributed by atoms with van der Waals surface area (Å²) in [4.78, 5) is 16.2. The van der Waals surface area contributed by atoms with Crippen LogP contribution in [0.25, 0.3) is 0 Å². The van der Waals surface area contributed by atoms with E-state index in [0.29, 0.717) is 11.3 Å². The Bertz CT molecular complexity index is 623. The van der Waals surface area contributed by atoms with Gasteiger partial charge in [0, 0.05) is 10.7 Å². The number of aryl methyl sites for hydroxylation is 2. The van der Waals surface area contributed by atoms with Crippen molar-refractivity contribution in [1.29, 1.82) is 0 Å². The standard InChI is InChI=1S/C14H12BrClN2O/c1-8-3-4-10(11(15)7-8)14(19)18-12-9(2)5-6-17-13(12)16/h3-7H,1-2H3,(H,18,19). The molecular formula is C14H12BrClN2O. The summed E-state index contributed by atoms with van der Waals surface area (Å²) in [6.45, 7) is 3.84. The minimum absolute atomic E-state index is 0.218. The largest absolute Gasteiger partial charge is 0.319 e. The highest BCUT2D eigenvalue weighted by atomic mass is 79.9. The topological polar surface area (TPSA) is 42.0 Å². The van der Waals surface area contributed by atoms with Gasteiger partial charge in [-0.3, -0.25) is 4.79 Å². The summed E-state index contributed by atoms with van der Waals surface area (Å²) in [6.07, 6.45) is 1.61. The van der Waals surface area contributed by atoms with E-state index in [-0.39, 0.29) is 11.1 Å². The maximum atomic E-state index is 12.2. The van der Waals surface area contributed by atoms with Crippen LogP contribution >= 0.6 is 27.5 Å². The van der Waals surface area contributed by atoms with Crippen molar-refractivity contribution in [3.63, 3.8) is 0 Å². The van der Waals surface area contributed by atoms with Gasteiger partial charge in [-0.05, 0) is 59.1 Å². The zero-order valence-corrected chi connectivity index (χ0v) is 12.8. The third kappa shape index (κ3) is 3.14. The van der Waals surface area contributed by atoms with Gasteiger partial charge in [0.1, 0.15) is 0 Å². The number of hydrogen-bond acceptors (Lipinski definition) is 2. The maximum absolute atomic E-state index is 12.2. The summed E-state index contributed by atoms with van der Waals surface area (Å²) in [7, 11) is 0. The fourth-order valence-electron chi connectivity index (χ4n) is 1.66. The molecule has 3 nitrogen and oxygen atoms in total. The number of hydrogen-bond donors (Lipinski definition) is 1. The number of benzene rings is 1. The Kier molecular flexibility index (Phi) is 4.22. The van der Waals surface area contributed by atoms with E-state index in [1.54, 1.807) is 18.3 Å². The number of nitrogens with zero attached hydrogens (tertiary/aromatic N) is 1. The third-order valence-corrected chi connectivity index (χ3v) is 3.66. The molecule has 2 aromatic rings. The molecule has 1 amide bonds. The lowest BCUT2D eigenvalue weighted by molar-refractivity contribution is 0.102. The molecular weight excluding hydrogens is 328 g/mol. The molecule has 0 saturated carbocycles. The molecule has 19 heavy (non-hydrogen) atoms. The first kappa shape index (κ1) is 14.0. The van der Waals surface area contributed by atoms with Gasteiger partial charge in [-0.25, -0.2) is 4.98 Å². The van der Waals surface area contributed by atoms with Crippen LogP contribution < -0.4 is 5.32 Å². The summed E-state index contributed by atoms with van der Waals surface area (Å²) in [5, 5.41) is 3.08. The van der Waals surface area contributed by atoms with Crippen molar-refractivity contribution in [3.8, 4) is 0 Å². The maximum Gasteiger partial charge on any atom is 0.256 e. The first-order valence-corrected chi connectivity index (χ1v) is 6.84. The monoisotopic (exact) mass is 338 g/mol. The van der Waals surface area contributed by atoms with Crippen LogP contribution in [0.3, 0.4) is 0 Å². The van der Waals surface area contributed by atoms with Crippen molar-refractivity contribution in [3.05, 3.63) is 56.8 Å². The van der Waals surface area contributed by atoms with Crippen LogP contribution in [-0.4, -0.2) is 10.9 Å². The van der Waals surface area contributed by atoms with Gasteiger partial charge in [-0.1, -0.05) is 17.7 Å². The number of aromatic nitrogens is 1. The van der Waals surface area contributed by atoms with E-state index in [1.807, 2.05) is 26.0 Å². The van der Waals surface area contributed by atoms with Crippen molar-refractivity contribution in [2.45, 2.75) is 13.8 Å². The van der Waals surface area contributed by atoms with Gasteiger partial charge in [0.25, 0.3) is 5.91 Å². The van der Waals surface area contributed by atoms with E-state index in [2.05, 4.69) is 26.2 Å². The molecule has 1 aromatic carbocycles. The van der Waals surface area contributed by atoms with Gasteiger partial charge in [0.15, 0.2) is 5.15 Å². The van der Waals surface area contributed by atoms with Gasteiger partial charge < -0.3 is 5.32 Å². The minimum atomic E-state index is -0.218. The van der Waals surface area contributed by atoms with Gasteiger partial charge in [0.05, 0.1) is 11.3 Å². The smallest absolute Gasteiger partial charge is 0.256 e. The number of amides is 1. The Labute approximate surface area is 125 Å². The number of carbonyl (C=O) groups is 1. The van der Waals surface area contributed by atoms with Crippen molar-refractivity contribution in [2.75, 3.05) is 5.32 Å². The Morgan fingerprint density at radius 2 is 2.05 bits per heavy atom. The molecule has 1 aromatic heterocycles. The van der Waals surface area contributed by atoms with Crippen LogP contribution in [0, 0.1) is 13.8 Å². The van der Waals surface area contributed by atoms with Gasteiger partial charge in [-0.2, -0.15) is 0 Å². The summed E-state index contributed by atoms with van der Waals surface area (Å²) < 4.78 is 0.752. The average molecular weight is 340 g/mol. The molecule has 0 aliphatic carbocycles. The first-order chi connectivity index (χ1) is 8.99. The Morgan fingerprint density at radius 1 is 1.32 bits per heavy atom. The second kappa shape index (κ2) is 5.72. The van der Waals surface area contributed by atoms with Gasteiger partial charge in [0.2, 0.25) is 0 Å². The van der Waals surface area contributed by atoms with E-state index in [0.717, 1.165) is 15.6 Å². The molecule has 0 spiro atoms. The summed E-state index contributed by atoms with van der Waals surface area (Å²) in [5.41, 5.74) is 3.06. The van der Waals surface area contributed by atoms with Crippen molar-refractivity contribution in [1.82, 2.24) is 4.98 Å². The molecule has 0 fully saturated rings. The molecule has 1 N–H and O–H groups in total. The molecule has 2 rings (SSSR count). The zero-order chi connectivity index (χ0) is 14.0. The fraction of sp³-hybridized carbons (Fsp3) is 0.143. The molecule has 0 atom stereocenters. The molecule has 0 unspecified atom stereocenters. The molecule has 1 heterocycles. The molecule has 0 aliphatic heterocycles. The Balaban J connectivity index is 2.31. The summed E-state index contributed by atoms with van der Waals surface area (Å²) in [6, 6.07) is 7.35. The lowest BCUT2D eigenvalue weighted by Gasteiger charge is -2.10. The molecule has 98 valence electrons. The van der Waals surface area contributed by atoms with E-state index in [9.17, 15) is 4.79 Å². The first-order valence-electron chi connectivity index (χ1n) is 5.67. The van der Waals surface area contributed by atoms with E-state index >= 15 is 0 Å². The third-order valence-electron chi connectivity index (χ3n) is 2.72. The highest BCUT2D eigenvalue weighted by molar-refractivity contribution is 9.10. The predicted molar refractivity (Wildman–Crippen MR) is 80.8 cm³/mol. The molecule has 0 bridgehead atoms. The molecule has 0 radical (unpaired) electrons. The van der Waals surface area contributed by atoms with Crippen LogP contribution in [-0.2, 0) is 0 Å². The Hall–Kier alpha value is -1.39. The quantitative estimate of drug-likeness (QED) is 0.826. The van der Waals surface area contributed by atoms with Crippen LogP contribution in [0.2, 0.25) is 5.15 Å². The lowest BCUT2D eigenvalue weighted by atomic mass is 10.1. The average Bonchev–Trinajstić information content (AvgIpc) is 2.33. The zero-order valence-electron chi connectivity index (χ0n) is 10.5. The SMILES string of the molecule is Cc1ccc(C(=O)Nc2c(C)ccnc2Cl)c(Br)c1. The van der Waals surface area contributed by atoms with E-state index < -0.39 is 0 Å². The number of anilines is 1. The number of carbonyl (C=O) groups excluding carboxylic acids is 1.